The fraction of sp³-hybridized carbons (Fsp3) is 0.273. The van der Waals surface area contributed by atoms with Crippen molar-refractivity contribution in [3.8, 4) is 11.8 Å². The molecule has 0 heterocycles. The molecule has 0 radical (unpaired) electrons. The summed E-state index contributed by atoms with van der Waals surface area (Å²) in [6.45, 7) is 0. The van der Waals surface area contributed by atoms with Gasteiger partial charge in [-0.1, -0.05) is 0 Å². The summed E-state index contributed by atoms with van der Waals surface area (Å²) in [5.74, 6) is -2.17. The molecular weight excluding hydrogens is 287 g/mol. The van der Waals surface area contributed by atoms with E-state index < -0.39 is 24.5 Å². The molecule has 0 aromatic heterocycles. The number of ether oxygens (including phenoxy) is 1. The highest BCUT2D eigenvalue weighted by molar-refractivity contribution is 6.17. The van der Waals surface area contributed by atoms with Crippen molar-refractivity contribution in [3.63, 3.8) is 0 Å². The Morgan fingerprint density at radius 3 is 2.47 bits per heavy atom. The molecule has 4 nitrogen and oxygen atoms in total. The number of benzene rings is 1. The minimum atomic E-state index is -4.92. The Morgan fingerprint density at radius 2 is 2.05 bits per heavy atom. The van der Waals surface area contributed by atoms with Gasteiger partial charge in [-0.2, -0.15) is 5.26 Å². The van der Waals surface area contributed by atoms with Crippen molar-refractivity contribution < 1.29 is 27.8 Å². The zero-order chi connectivity index (χ0) is 14.6. The highest BCUT2D eigenvalue weighted by Gasteiger charge is 2.32. The van der Waals surface area contributed by atoms with Gasteiger partial charge in [0, 0.05) is 5.56 Å². The first-order valence-electron chi connectivity index (χ1n) is 4.86. The molecule has 0 aliphatic rings. The molecule has 0 fully saturated rings. The summed E-state index contributed by atoms with van der Waals surface area (Å²) in [6.07, 6.45) is -5.50. The number of carboxylic acids is 1. The van der Waals surface area contributed by atoms with Crippen LogP contribution < -0.4 is 4.74 Å². The van der Waals surface area contributed by atoms with Crippen LogP contribution in [0, 0.1) is 11.3 Å². The van der Waals surface area contributed by atoms with Crippen LogP contribution in [0.25, 0.3) is 0 Å². The van der Waals surface area contributed by atoms with Gasteiger partial charge in [-0.25, -0.2) is 0 Å². The average molecular weight is 294 g/mol. The van der Waals surface area contributed by atoms with Crippen molar-refractivity contribution in [1.29, 1.82) is 5.26 Å². The Kier molecular flexibility index (Phi) is 4.62. The highest BCUT2D eigenvalue weighted by Crippen LogP contribution is 2.30. The fourth-order valence-corrected chi connectivity index (χ4v) is 1.61. The quantitative estimate of drug-likeness (QED) is 0.867. The molecule has 0 saturated carbocycles. The molecule has 0 aliphatic carbocycles. The van der Waals surface area contributed by atoms with Crippen LogP contribution in [0.5, 0.6) is 5.75 Å². The number of halogens is 4. The fourth-order valence-electron chi connectivity index (χ4n) is 1.40. The maximum absolute atomic E-state index is 12.2. The van der Waals surface area contributed by atoms with E-state index in [9.17, 15) is 18.0 Å². The highest BCUT2D eigenvalue weighted by atomic mass is 35.5. The third kappa shape index (κ3) is 4.34. The van der Waals surface area contributed by atoms with Crippen molar-refractivity contribution in [2.75, 3.05) is 0 Å². The summed E-state index contributed by atoms with van der Waals surface area (Å²) in [5.41, 5.74) is -0.152. The summed E-state index contributed by atoms with van der Waals surface area (Å²) >= 11 is 5.47. The van der Waals surface area contributed by atoms with Crippen LogP contribution in [0.4, 0.5) is 13.2 Å². The summed E-state index contributed by atoms with van der Waals surface area (Å²) in [6, 6.07) is 3.67. The van der Waals surface area contributed by atoms with Crippen LogP contribution in [-0.2, 0) is 17.1 Å². The Balaban J connectivity index is 3.29. The first-order chi connectivity index (χ1) is 8.76. The standard InChI is InChI=1S/C11H7ClF3NO3/c12-4-7-1-8(5-16)6(3-10(17)18)2-9(7)19-11(13,14)15/h1-2H,3-4H2,(H,17,18). The molecule has 0 amide bonds. The first-order valence-corrected chi connectivity index (χ1v) is 5.39. The topological polar surface area (TPSA) is 70.3 Å². The number of hydrogen-bond acceptors (Lipinski definition) is 3. The van der Waals surface area contributed by atoms with E-state index in [4.69, 9.17) is 22.0 Å². The monoisotopic (exact) mass is 293 g/mol. The van der Waals surface area contributed by atoms with Crippen molar-refractivity contribution in [2.45, 2.75) is 18.7 Å². The summed E-state index contributed by atoms with van der Waals surface area (Å²) < 4.78 is 40.3. The number of alkyl halides is 4. The van der Waals surface area contributed by atoms with Crippen molar-refractivity contribution in [2.24, 2.45) is 0 Å². The van der Waals surface area contributed by atoms with Crippen LogP contribution in [0.1, 0.15) is 16.7 Å². The van der Waals surface area contributed by atoms with E-state index in [2.05, 4.69) is 4.74 Å². The molecule has 1 aromatic carbocycles. The largest absolute Gasteiger partial charge is 0.573 e. The summed E-state index contributed by atoms with van der Waals surface area (Å²) in [5, 5.41) is 17.5. The number of hydrogen-bond donors (Lipinski definition) is 1. The predicted molar refractivity (Wildman–Crippen MR) is 58.7 cm³/mol. The molecule has 0 unspecified atom stereocenters. The third-order valence-corrected chi connectivity index (χ3v) is 2.41. The average Bonchev–Trinajstić information content (AvgIpc) is 2.26. The minimum Gasteiger partial charge on any atom is -0.481 e. The molecular formula is C11H7ClF3NO3. The minimum absolute atomic E-state index is 0.0373. The van der Waals surface area contributed by atoms with E-state index >= 15 is 0 Å². The van der Waals surface area contributed by atoms with Crippen molar-refractivity contribution >= 4 is 17.6 Å². The molecule has 1 aromatic rings. The number of carboxylic acid groups (broad SMARTS) is 1. The number of carbonyl (C=O) groups is 1. The van der Waals surface area contributed by atoms with E-state index in [-0.39, 0.29) is 22.6 Å². The Labute approximate surface area is 111 Å². The van der Waals surface area contributed by atoms with E-state index in [0.717, 1.165) is 12.1 Å². The lowest BCUT2D eigenvalue weighted by molar-refractivity contribution is -0.274. The van der Waals surface area contributed by atoms with Gasteiger partial charge in [-0.3, -0.25) is 4.79 Å². The molecule has 0 aliphatic heterocycles. The first kappa shape index (κ1) is 15.1. The van der Waals surface area contributed by atoms with Gasteiger partial charge in [0.1, 0.15) is 5.75 Å². The number of aliphatic carboxylic acids is 1. The van der Waals surface area contributed by atoms with Gasteiger partial charge in [0.2, 0.25) is 0 Å². The predicted octanol–water partition coefficient (Wildman–Crippen LogP) is 2.82. The molecule has 1 N–H and O–H groups in total. The smallest absolute Gasteiger partial charge is 0.481 e. The third-order valence-electron chi connectivity index (χ3n) is 2.12. The van der Waals surface area contributed by atoms with Gasteiger partial charge in [0.25, 0.3) is 0 Å². The van der Waals surface area contributed by atoms with Gasteiger partial charge >= 0.3 is 12.3 Å². The molecule has 0 spiro atoms. The summed E-state index contributed by atoms with van der Waals surface area (Å²) in [4.78, 5) is 10.6. The second-order valence-corrected chi connectivity index (χ2v) is 3.75. The van der Waals surface area contributed by atoms with E-state index in [0.29, 0.717) is 0 Å². The van der Waals surface area contributed by atoms with Gasteiger partial charge < -0.3 is 9.84 Å². The molecule has 19 heavy (non-hydrogen) atoms. The molecule has 102 valence electrons. The lowest BCUT2D eigenvalue weighted by Crippen LogP contribution is -2.18. The van der Waals surface area contributed by atoms with Gasteiger partial charge in [-0.15, -0.1) is 24.8 Å². The zero-order valence-electron chi connectivity index (χ0n) is 9.29. The molecule has 0 bridgehead atoms. The Hall–Kier alpha value is -1.94. The zero-order valence-corrected chi connectivity index (χ0v) is 10.0. The molecule has 0 atom stereocenters. The molecule has 1 rings (SSSR count). The molecule has 8 heteroatoms. The van der Waals surface area contributed by atoms with E-state index in [1.54, 1.807) is 6.07 Å². The van der Waals surface area contributed by atoms with E-state index in [1.807, 2.05) is 0 Å². The van der Waals surface area contributed by atoms with Gasteiger partial charge in [-0.05, 0) is 17.7 Å². The maximum Gasteiger partial charge on any atom is 0.573 e. The van der Waals surface area contributed by atoms with Crippen LogP contribution in [-0.4, -0.2) is 17.4 Å². The lowest BCUT2D eigenvalue weighted by Gasteiger charge is -2.14. The van der Waals surface area contributed by atoms with Crippen LogP contribution in [0.15, 0.2) is 12.1 Å². The van der Waals surface area contributed by atoms with E-state index in [1.165, 1.54) is 0 Å². The Morgan fingerprint density at radius 1 is 1.42 bits per heavy atom. The SMILES string of the molecule is N#Cc1cc(CCl)c(OC(F)(F)F)cc1CC(=O)O. The number of rotatable bonds is 4. The summed E-state index contributed by atoms with van der Waals surface area (Å²) in [7, 11) is 0. The lowest BCUT2D eigenvalue weighted by atomic mass is 10.0. The second kappa shape index (κ2) is 5.80. The Bertz CT molecular complexity index is 537. The van der Waals surface area contributed by atoms with Gasteiger partial charge in [0.15, 0.2) is 0 Å². The van der Waals surface area contributed by atoms with Crippen LogP contribution in [0.2, 0.25) is 0 Å². The van der Waals surface area contributed by atoms with Crippen molar-refractivity contribution in [1.82, 2.24) is 0 Å². The van der Waals surface area contributed by atoms with Gasteiger partial charge in [0.05, 0.1) is 23.9 Å². The van der Waals surface area contributed by atoms with Crippen molar-refractivity contribution in [3.05, 3.63) is 28.8 Å². The van der Waals surface area contributed by atoms with Crippen LogP contribution >= 0.6 is 11.6 Å². The molecule has 0 saturated heterocycles. The maximum atomic E-state index is 12.2. The number of nitriles is 1. The second-order valence-electron chi connectivity index (χ2n) is 3.48. The van der Waals surface area contributed by atoms with Crippen LogP contribution in [0.3, 0.4) is 0 Å². The number of nitrogens with zero attached hydrogens (tertiary/aromatic N) is 1. The normalized spacial score (nSPS) is 10.9.